The Morgan fingerprint density at radius 1 is 0.900 bits per heavy atom. The first-order valence-electron chi connectivity index (χ1n) is 12.8. The number of nitrogens with zero attached hydrogens (tertiary/aromatic N) is 5. The summed E-state index contributed by atoms with van der Waals surface area (Å²) >= 11 is 0. The highest BCUT2D eigenvalue weighted by atomic mass is 19.4. The van der Waals surface area contributed by atoms with Gasteiger partial charge in [-0.25, -0.2) is 14.3 Å². The van der Waals surface area contributed by atoms with Gasteiger partial charge in [-0.3, -0.25) is 14.2 Å². The zero-order chi connectivity index (χ0) is 28.9. The predicted octanol–water partition coefficient (Wildman–Crippen LogP) is 3.66. The predicted molar refractivity (Wildman–Crippen MR) is 143 cm³/mol. The average molecular weight is 558 g/mol. The Hall–Kier alpha value is -4.19. The quantitative estimate of drug-likeness (QED) is 0.281. The van der Waals surface area contributed by atoms with E-state index in [0.29, 0.717) is 11.0 Å². The molecule has 0 spiro atoms. The van der Waals surface area contributed by atoms with E-state index in [1.54, 1.807) is 6.92 Å². The number of rotatable bonds is 11. The molecular weight excluding hydrogens is 527 g/mol. The number of hydrogen-bond donors (Lipinski definition) is 0. The van der Waals surface area contributed by atoms with Crippen LogP contribution >= 0.6 is 0 Å². The molecule has 0 saturated heterocycles. The molecule has 0 bridgehead atoms. The van der Waals surface area contributed by atoms with Gasteiger partial charge in [0.2, 0.25) is 11.7 Å². The molecule has 9 nitrogen and oxygen atoms in total. The van der Waals surface area contributed by atoms with Crippen LogP contribution in [0.15, 0.2) is 70.3 Å². The highest BCUT2D eigenvalue weighted by Gasteiger charge is 2.39. The molecule has 0 radical (unpaired) electrons. The van der Waals surface area contributed by atoms with Crippen LogP contribution in [0.4, 0.5) is 13.2 Å². The number of ether oxygens (including phenoxy) is 1. The van der Waals surface area contributed by atoms with Crippen LogP contribution < -0.4 is 11.2 Å². The van der Waals surface area contributed by atoms with Crippen molar-refractivity contribution in [3.05, 3.63) is 98.5 Å². The zero-order valence-electron chi connectivity index (χ0n) is 22.2. The third-order valence-electron chi connectivity index (χ3n) is 6.41. The Labute approximate surface area is 228 Å². The van der Waals surface area contributed by atoms with Crippen molar-refractivity contribution in [2.24, 2.45) is 0 Å². The molecule has 40 heavy (non-hydrogen) atoms. The second-order valence-corrected chi connectivity index (χ2v) is 9.30. The first-order chi connectivity index (χ1) is 19.2. The monoisotopic (exact) mass is 557 g/mol. The summed E-state index contributed by atoms with van der Waals surface area (Å²) < 4.78 is 49.2. The van der Waals surface area contributed by atoms with Crippen LogP contribution in [0, 0.1) is 0 Å². The Kier molecular flexibility index (Phi) is 8.88. The molecular formula is C28H30F3N5O4. The fraction of sp³-hybridized carbons (Fsp3) is 0.357. The second kappa shape index (κ2) is 12.3. The van der Waals surface area contributed by atoms with Crippen LogP contribution in [-0.4, -0.2) is 43.2 Å². The number of amides is 1. The first kappa shape index (κ1) is 28.8. The highest BCUT2D eigenvalue weighted by Crippen LogP contribution is 2.30. The molecule has 0 fully saturated rings. The molecule has 212 valence electrons. The van der Waals surface area contributed by atoms with Crippen LogP contribution in [0.25, 0.3) is 11.2 Å². The summed E-state index contributed by atoms with van der Waals surface area (Å²) in [6.45, 7) is 1.09. The van der Waals surface area contributed by atoms with E-state index in [2.05, 4.69) is 4.98 Å². The maximum Gasteiger partial charge on any atom is 0.449 e. The van der Waals surface area contributed by atoms with Crippen molar-refractivity contribution >= 4 is 17.1 Å². The molecule has 0 aliphatic rings. The van der Waals surface area contributed by atoms with Crippen molar-refractivity contribution in [1.29, 1.82) is 0 Å². The van der Waals surface area contributed by atoms with E-state index in [0.717, 1.165) is 20.3 Å². The second-order valence-electron chi connectivity index (χ2n) is 9.30. The van der Waals surface area contributed by atoms with Gasteiger partial charge >= 0.3 is 11.9 Å². The van der Waals surface area contributed by atoms with Crippen LogP contribution in [0.3, 0.4) is 0 Å². The normalized spacial score (nSPS) is 11.7. The van der Waals surface area contributed by atoms with Gasteiger partial charge in [0.25, 0.3) is 5.56 Å². The van der Waals surface area contributed by atoms with Crippen molar-refractivity contribution < 1.29 is 22.7 Å². The lowest BCUT2D eigenvalue weighted by Gasteiger charge is -2.24. The van der Waals surface area contributed by atoms with Gasteiger partial charge < -0.3 is 14.2 Å². The molecule has 0 saturated carbocycles. The number of imidazole rings is 1. The summed E-state index contributed by atoms with van der Waals surface area (Å²) in [5, 5.41) is 0. The van der Waals surface area contributed by atoms with Gasteiger partial charge in [-0.15, -0.1) is 0 Å². The Morgan fingerprint density at radius 3 is 1.98 bits per heavy atom. The number of benzene rings is 2. The van der Waals surface area contributed by atoms with Crippen molar-refractivity contribution in [2.75, 3.05) is 13.7 Å². The molecule has 0 atom stereocenters. The summed E-state index contributed by atoms with van der Waals surface area (Å²) in [5.74, 6) is -1.84. The van der Waals surface area contributed by atoms with Gasteiger partial charge in [-0.1, -0.05) is 67.6 Å². The number of carbonyl (C=O) groups is 1. The van der Waals surface area contributed by atoms with Crippen LogP contribution in [0.2, 0.25) is 0 Å². The Balaban J connectivity index is 1.83. The molecule has 0 aliphatic carbocycles. The molecule has 4 rings (SSSR count). The third-order valence-corrected chi connectivity index (χ3v) is 6.41. The van der Waals surface area contributed by atoms with E-state index in [1.807, 2.05) is 60.7 Å². The molecule has 0 aliphatic heterocycles. The number of hydrogen-bond acceptors (Lipinski definition) is 5. The Bertz CT molecular complexity index is 1540. The van der Waals surface area contributed by atoms with E-state index < -0.39 is 41.2 Å². The third kappa shape index (κ3) is 6.17. The molecule has 0 N–H and O–H groups in total. The number of aromatic nitrogens is 4. The number of aryl methyl sites for hydroxylation is 1. The van der Waals surface area contributed by atoms with Crippen LogP contribution in [-0.2, 0) is 48.4 Å². The topological polar surface area (TPSA) is 91.4 Å². The fourth-order valence-electron chi connectivity index (χ4n) is 4.55. The summed E-state index contributed by atoms with van der Waals surface area (Å²) in [5.41, 5.74) is -0.996. The van der Waals surface area contributed by atoms with Gasteiger partial charge in [0.15, 0.2) is 11.2 Å². The zero-order valence-corrected chi connectivity index (χ0v) is 22.2. The van der Waals surface area contributed by atoms with E-state index in [1.165, 1.54) is 12.0 Å². The van der Waals surface area contributed by atoms with Crippen molar-refractivity contribution in [1.82, 2.24) is 23.6 Å². The number of halogens is 3. The molecule has 2 aromatic carbocycles. The van der Waals surface area contributed by atoms with E-state index in [-0.39, 0.29) is 38.4 Å². The molecule has 4 aromatic rings. The first-order valence-corrected chi connectivity index (χ1v) is 12.8. The number of fused-ring (bicyclic) bond motifs is 1. The number of carbonyl (C=O) groups excluding carboxylic acids is 1. The molecule has 0 unspecified atom stereocenters. The van der Waals surface area contributed by atoms with Gasteiger partial charge in [0.1, 0.15) is 6.54 Å². The van der Waals surface area contributed by atoms with Gasteiger partial charge in [-0.05, 0) is 17.5 Å². The minimum absolute atomic E-state index is 0.0140. The minimum Gasteiger partial charge on any atom is -0.383 e. The van der Waals surface area contributed by atoms with Crippen LogP contribution in [0.1, 0.15) is 30.3 Å². The van der Waals surface area contributed by atoms with Gasteiger partial charge in [0, 0.05) is 33.3 Å². The van der Waals surface area contributed by atoms with E-state index in [4.69, 9.17) is 4.74 Å². The highest BCUT2D eigenvalue weighted by molar-refractivity contribution is 5.77. The molecule has 2 aromatic heterocycles. The van der Waals surface area contributed by atoms with E-state index in [9.17, 15) is 27.6 Å². The van der Waals surface area contributed by atoms with Crippen LogP contribution in [0.5, 0.6) is 0 Å². The fourth-order valence-corrected chi connectivity index (χ4v) is 4.55. The number of alkyl halides is 3. The van der Waals surface area contributed by atoms with Gasteiger partial charge in [0.05, 0.1) is 6.61 Å². The maximum absolute atomic E-state index is 13.9. The SMILES string of the molecule is CCCn1c(=O)n(CC(=O)N(Cc2ccccc2)Cc2ccccc2)c(=O)c2c1nc(C(F)(F)F)n2CCOC. The summed E-state index contributed by atoms with van der Waals surface area (Å²) in [6.07, 6.45) is -4.49. The lowest BCUT2D eigenvalue weighted by molar-refractivity contribution is -0.147. The Morgan fingerprint density at radius 2 is 1.48 bits per heavy atom. The van der Waals surface area contributed by atoms with Crippen molar-refractivity contribution in [3.8, 4) is 0 Å². The molecule has 2 heterocycles. The van der Waals surface area contributed by atoms with E-state index >= 15 is 0 Å². The largest absolute Gasteiger partial charge is 0.449 e. The lowest BCUT2D eigenvalue weighted by Crippen LogP contribution is -2.45. The average Bonchev–Trinajstić information content (AvgIpc) is 3.33. The molecule has 12 heteroatoms. The standard InChI is InChI=1S/C28H30F3N5O4/c1-3-14-35-24-23(34(15-16-40-2)26(32-24)28(29,30)31)25(38)36(27(35)39)19-22(37)33(17-20-10-6-4-7-11-20)18-21-12-8-5-9-13-21/h4-13H,3,14-19H2,1-2H3. The smallest absolute Gasteiger partial charge is 0.383 e. The van der Waals surface area contributed by atoms with Crippen molar-refractivity contribution in [2.45, 2.75) is 52.2 Å². The molecule has 1 amide bonds. The summed E-state index contributed by atoms with van der Waals surface area (Å²) in [7, 11) is 1.32. The minimum atomic E-state index is -4.88. The number of methoxy groups -OCH3 is 1. The summed E-state index contributed by atoms with van der Waals surface area (Å²) in [4.78, 5) is 45.9. The summed E-state index contributed by atoms with van der Waals surface area (Å²) in [6, 6.07) is 18.4. The lowest BCUT2D eigenvalue weighted by atomic mass is 10.1. The van der Waals surface area contributed by atoms with Gasteiger partial charge in [-0.2, -0.15) is 13.2 Å². The maximum atomic E-state index is 13.9. The van der Waals surface area contributed by atoms with Crippen molar-refractivity contribution in [3.63, 3.8) is 0 Å².